The lowest BCUT2D eigenvalue weighted by atomic mass is 9.83. The van der Waals surface area contributed by atoms with Gasteiger partial charge in [0.05, 0.1) is 5.69 Å². The number of aromatic nitrogens is 1. The quantitative estimate of drug-likeness (QED) is 0.828. The van der Waals surface area contributed by atoms with Gasteiger partial charge in [-0.05, 0) is 55.8 Å². The summed E-state index contributed by atoms with van der Waals surface area (Å²) in [6.07, 6.45) is 7.79. The molecule has 0 aliphatic carbocycles. The Balaban J connectivity index is 2.31. The third-order valence-corrected chi connectivity index (χ3v) is 4.02. The highest BCUT2D eigenvalue weighted by atomic mass is 16.1. The van der Waals surface area contributed by atoms with Crippen molar-refractivity contribution in [1.29, 1.82) is 0 Å². The van der Waals surface area contributed by atoms with Gasteiger partial charge in [0.15, 0.2) is 0 Å². The van der Waals surface area contributed by atoms with Gasteiger partial charge in [0.25, 0.3) is 0 Å². The summed E-state index contributed by atoms with van der Waals surface area (Å²) in [4.78, 5) is 15.2. The molecule has 1 aliphatic heterocycles. The molecule has 1 aromatic rings. The number of piperidine rings is 1. The first-order valence-corrected chi connectivity index (χ1v) is 7.39. The lowest BCUT2D eigenvalue weighted by Gasteiger charge is -2.30. The van der Waals surface area contributed by atoms with E-state index in [1.807, 2.05) is 6.20 Å². The van der Waals surface area contributed by atoms with Crippen molar-refractivity contribution in [1.82, 2.24) is 10.3 Å². The summed E-state index contributed by atoms with van der Waals surface area (Å²) in [5.41, 5.74) is 3.75. The second-order valence-electron chi connectivity index (χ2n) is 5.52. The van der Waals surface area contributed by atoms with Crippen molar-refractivity contribution in [2.75, 3.05) is 6.54 Å². The second kappa shape index (κ2) is 6.80. The van der Waals surface area contributed by atoms with Crippen molar-refractivity contribution in [3.8, 4) is 0 Å². The third kappa shape index (κ3) is 3.41. The summed E-state index contributed by atoms with van der Waals surface area (Å²) in [6, 6.07) is 2.75. The monoisotopic (exact) mass is 260 g/mol. The average Bonchev–Trinajstić information content (AvgIpc) is 2.41. The second-order valence-corrected chi connectivity index (χ2v) is 5.52. The number of carbonyl (C=O) groups is 1. The van der Waals surface area contributed by atoms with E-state index in [0.717, 1.165) is 31.4 Å². The molecule has 0 spiro atoms. The molecule has 1 aromatic heterocycles. The Kier molecular flexibility index (Phi) is 5.08. The lowest BCUT2D eigenvalue weighted by molar-refractivity contribution is -0.107. The molecular formula is C16H24N2O. The summed E-state index contributed by atoms with van der Waals surface area (Å²) in [7, 11) is 0. The van der Waals surface area contributed by atoms with E-state index >= 15 is 0 Å². The normalized spacial score (nSPS) is 23.3. The van der Waals surface area contributed by atoms with Crippen LogP contribution in [0.2, 0.25) is 0 Å². The smallest absolute Gasteiger partial charge is 0.125 e. The summed E-state index contributed by atoms with van der Waals surface area (Å²) in [5, 5.41) is 3.50. The molecule has 104 valence electrons. The zero-order chi connectivity index (χ0) is 13.7. The van der Waals surface area contributed by atoms with Crippen LogP contribution in [-0.4, -0.2) is 23.9 Å². The van der Waals surface area contributed by atoms with Crippen LogP contribution in [0.1, 0.15) is 55.8 Å². The lowest BCUT2D eigenvalue weighted by Crippen LogP contribution is -2.35. The molecule has 3 nitrogen and oxygen atoms in total. The van der Waals surface area contributed by atoms with Gasteiger partial charge in [-0.3, -0.25) is 4.98 Å². The summed E-state index contributed by atoms with van der Waals surface area (Å²) in [5.74, 6) is 0.617. The van der Waals surface area contributed by atoms with Gasteiger partial charge in [-0.25, -0.2) is 0 Å². The van der Waals surface area contributed by atoms with Crippen molar-refractivity contribution in [2.45, 2.75) is 57.9 Å². The van der Waals surface area contributed by atoms with E-state index in [0.29, 0.717) is 18.4 Å². The van der Waals surface area contributed by atoms with E-state index in [4.69, 9.17) is 0 Å². The van der Waals surface area contributed by atoms with Crippen LogP contribution < -0.4 is 5.32 Å². The maximum absolute atomic E-state index is 10.8. The summed E-state index contributed by atoms with van der Waals surface area (Å²) < 4.78 is 0. The molecule has 19 heavy (non-hydrogen) atoms. The van der Waals surface area contributed by atoms with Gasteiger partial charge in [-0.1, -0.05) is 13.3 Å². The SMILES string of the molecule is CCCc1c(C2CCNC(C)C2)ccnc1CC=O. The molecular weight excluding hydrogens is 236 g/mol. The van der Waals surface area contributed by atoms with E-state index in [1.54, 1.807) is 0 Å². The molecule has 0 amide bonds. The average molecular weight is 260 g/mol. The predicted octanol–water partition coefficient (Wildman–Crippen LogP) is 2.63. The van der Waals surface area contributed by atoms with Crippen molar-refractivity contribution >= 4 is 6.29 Å². The number of hydrogen-bond acceptors (Lipinski definition) is 3. The number of carbonyl (C=O) groups excluding carboxylic acids is 1. The van der Waals surface area contributed by atoms with Crippen LogP contribution in [0.4, 0.5) is 0 Å². The highest BCUT2D eigenvalue weighted by Gasteiger charge is 2.23. The van der Waals surface area contributed by atoms with Gasteiger partial charge >= 0.3 is 0 Å². The molecule has 0 aromatic carbocycles. The Morgan fingerprint density at radius 1 is 1.53 bits per heavy atom. The molecule has 0 bridgehead atoms. The number of nitrogens with one attached hydrogen (secondary N) is 1. The van der Waals surface area contributed by atoms with Crippen LogP contribution in [0, 0.1) is 0 Å². The molecule has 2 rings (SSSR count). The molecule has 1 saturated heterocycles. The van der Waals surface area contributed by atoms with Gasteiger partial charge in [0, 0.05) is 18.7 Å². The first kappa shape index (κ1) is 14.2. The summed E-state index contributed by atoms with van der Waals surface area (Å²) >= 11 is 0. The van der Waals surface area contributed by atoms with Crippen LogP contribution in [0.5, 0.6) is 0 Å². The fraction of sp³-hybridized carbons (Fsp3) is 0.625. The fourth-order valence-electron chi connectivity index (χ4n) is 3.14. The Hall–Kier alpha value is -1.22. The van der Waals surface area contributed by atoms with E-state index in [-0.39, 0.29) is 0 Å². The fourth-order valence-corrected chi connectivity index (χ4v) is 3.14. The van der Waals surface area contributed by atoms with Crippen molar-refractivity contribution in [3.63, 3.8) is 0 Å². The Bertz CT molecular complexity index is 431. The highest BCUT2D eigenvalue weighted by molar-refractivity contribution is 5.55. The Morgan fingerprint density at radius 2 is 2.37 bits per heavy atom. The molecule has 3 heteroatoms. The van der Waals surface area contributed by atoms with Gasteiger partial charge < -0.3 is 10.1 Å². The zero-order valence-corrected chi connectivity index (χ0v) is 12.0. The number of nitrogens with zero attached hydrogens (tertiary/aromatic N) is 1. The van der Waals surface area contributed by atoms with Crippen molar-refractivity contribution < 1.29 is 4.79 Å². The van der Waals surface area contributed by atoms with Crippen LogP contribution in [0.3, 0.4) is 0 Å². The minimum Gasteiger partial charge on any atom is -0.314 e. The maximum atomic E-state index is 10.8. The minimum absolute atomic E-state index is 0.448. The summed E-state index contributed by atoms with van der Waals surface area (Å²) in [6.45, 7) is 5.52. The molecule has 1 N–H and O–H groups in total. The molecule has 1 aliphatic rings. The molecule has 2 unspecified atom stereocenters. The largest absolute Gasteiger partial charge is 0.314 e. The van der Waals surface area contributed by atoms with E-state index in [9.17, 15) is 4.79 Å². The third-order valence-electron chi connectivity index (χ3n) is 4.02. The standard InChI is InChI=1S/C16H24N2O/c1-3-4-15-14(6-9-18-16(15)7-10-19)13-5-8-17-12(2)11-13/h6,9-10,12-13,17H,3-5,7-8,11H2,1-2H3. The Morgan fingerprint density at radius 3 is 3.05 bits per heavy atom. The topological polar surface area (TPSA) is 42.0 Å². The van der Waals surface area contributed by atoms with Crippen LogP contribution in [-0.2, 0) is 17.6 Å². The van der Waals surface area contributed by atoms with Gasteiger partial charge in [-0.15, -0.1) is 0 Å². The molecule has 0 radical (unpaired) electrons. The van der Waals surface area contributed by atoms with E-state index < -0.39 is 0 Å². The van der Waals surface area contributed by atoms with E-state index in [1.165, 1.54) is 24.0 Å². The van der Waals surface area contributed by atoms with Gasteiger partial charge in [0.2, 0.25) is 0 Å². The number of pyridine rings is 1. The van der Waals surface area contributed by atoms with Crippen molar-refractivity contribution in [2.24, 2.45) is 0 Å². The molecule has 2 atom stereocenters. The minimum atomic E-state index is 0.448. The highest BCUT2D eigenvalue weighted by Crippen LogP contribution is 2.31. The predicted molar refractivity (Wildman–Crippen MR) is 77.4 cm³/mol. The first-order chi connectivity index (χ1) is 9.26. The van der Waals surface area contributed by atoms with Crippen molar-refractivity contribution in [3.05, 3.63) is 29.1 Å². The van der Waals surface area contributed by atoms with Crippen LogP contribution in [0.15, 0.2) is 12.3 Å². The number of aldehydes is 1. The first-order valence-electron chi connectivity index (χ1n) is 7.39. The number of rotatable bonds is 5. The van der Waals surface area contributed by atoms with Crippen LogP contribution in [0.25, 0.3) is 0 Å². The Labute approximate surface area is 115 Å². The maximum Gasteiger partial charge on any atom is 0.125 e. The van der Waals surface area contributed by atoms with E-state index in [2.05, 4.69) is 30.2 Å². The van der Waals surface area contributed by atoms with Crippen LogP contribution >= 0.6 is 0 Å². The van der Waals surface area contributed by atoms with Gasteiger partial charge in [-0.2, -0.15) is 0 Å². The molecule has 1 fully saturated rings. The molecule has 2 heterocycles. The molecule has 0 saturated carbocycles. The number of hydrogen-bond donors (Lipinski definition) is 1. The zero-order valence-electron chi connectivity index (χ0n) is 12.0. The van der Waals surface area contributed by atoms with Gasteiger partial charge in [0.1, 0.15) is 6.29 Å².